The van der Waals surface area contributed by atoms with E-state index in [-0.39, 0.29) is 17.0 Å². The number of Topliss-reactive ketones (excluding diaryl/α,β-unsaturated/α-hetero) is 2. The molecule has 1 unspecified atom stereocenters. The first-order chi connectivity index (χ1) is 14.8. The van der Waals surface area contributed by atoms with Gasteiger partial charge in [-0.05, 0) is 61.2 Å². The molecule has 5 rings (SSSR count). The number of rotatable bonds is 2. The fourth-order valence-corrected chi connectivity index (χ4v) is 4.72. The van der Waals surface area contributed by atoms with E-state index in [1.807, 2.05) is 54.3 Å². The summed E-state index contributed by atoms with van der Waals surface area (Å²) < 4.78 is 11.7. The molecule has 2 aromatic carbocycles. The Bertz CT molecular complexity index is 1170. The Labute approximate surface area is 182 Å². The number of methoxy groups -OCH3 is 1. The molecule has 5 heteroatoms. The fraction of sp³-hybridized carbons (Fsp3) is 0.308. The Morgan fingerprint density at radius 1 is 1.06 bits per heavy atom. The summed E-state index contributed by atoms with van der Waals surface area (Å²) in [5.74, 6) is 1.30. The van der Waals surface area contributed by atoms with Crippen LogP contribution in [0.1, 0.15) is 42.6 Å². The van der Waals surface area contributed by atoms with Crippen LogP contribution in [0.5, 0.6) is 11.5 Å². The van der Waals surface area contributed by atoms with Crippen LogP contribution >= 0.6 is 0 Å². The molecule has 1 aliphatic carbocycles. The Morgan fingerprint density at radius 3 is 2.52 bits per heavy atom. The van der Waals surface area contributed by atoms with E-state index in [0.29, 0.717) is 28.9 Å². The number of carbonyl (C=O) groups excluding carboxylic acids is 2. The second-order valence-electron chi connectivity index (χ2n) is 9.27. The summed E-state index contributed by atoms with van der Waals surface area (Å²) in [6.07, 6.45) is 2.34. The van der Waals surface area contributed by atoms with E-state index >= 15 is 0 Å². The van der Waals surface area contributed by atoms with Crippen molar-refractivity contribution in [2.75, 3.05) is 12.0 Å². The SMILES string of the molecule is COc1ccc(N2C3=C(C=C4C(=O)c5cc(C)ccc5OC42)C(=O)CC(C)(C)C3)cc1. The van der Waals surface area contributed by atoms with Gasteiger partial charge >= 0.3 is 0 Å². The first kappa shape index (κ1) is 19.6. The number of anilines is 1. The third kappa shape index (κ3) is 3.16. The molecule has 0 bridgehead atoms. The Kier molecular flexibility index (Phi) is 4.33. The highest BCUT2D eigenvalue weighted by Gasteiger charge is 2.45. The normalized spacial score (nSPS) is 21.6. The van der Waals surface area contributed by atoms with E-state index < -0.39 is 6.23 Å². The Morgan fingerprint density at radius 2 is 1.81 bits per heavy atom. The molecule has 0 radical (unpaired) electrons. The third-order valence-corrected chi connectivity index (χ3v) is 6.22. The highest BCUT2D eigenvalue weighted by atomic mass is 16.5. The van der Waals surface area contributed by atoms with Gasteiger partial charge in [0.1, 0.15) is 11.5 Å². The largest absolute Gasteiger partial charge is 0.497 e. The zero-order chi connectivity index (χ0) is 21.9. The average molecular weight is 415 g/mol. The second kappa shape index (κ2) is 6.84. The molecule has 31 heavy (non-hydrogen) atoms. The van der Waals surface area contributed by atoms with Gasteiger partial charge in [0, 0.05) is 23.4 Å². The Hall–Kier alpha value is -3.34. The smallest absolute Gasteiger partial charge is 0.206 e. The van der Waals surface area contributed by atoms with Crippen molar-refractivity contribution in [3.63, 3.8) is 0 Å². The molecule has 3 aliphatic rings. The minimum Gasteiger partial charge on any atom is -0.497 e. The lowest BCUT2D eigenvalue weighted by Gasteiger charge is -2.45. The lowest BCUT2D eigenvalue weighted by Crippen LogP contribution is -2.49. The Balaban J connectivity index is 1.70. The maximum atomic E-state index is 13.5. The number of aryl methyl sites for hydroxylation is 1. The van der Waals surface area contributed by atoms with Crippen molar-refractivity contribution in [1.29, 1.82) is 0 Å². The van der Waals surface area contributed by atoms with Gasteiger partial charge in [0.2, 0.25) is 6.23 Å². The van der Waals surface area contributed by atoms with Gasteiger partial charge in [0.15, 0.2) is 11.6 Å². The molecule has 0 aromatic heterocycles. The average Bonchev–Trinajstić information content (AvgIpc) is 2.73. The summed E-state index contributed by atoms with van der Waals surface area (Å²) in [5, 5.41) is 0. The monoisotopic (exact) mass is 415 g/mol. The number of hydrogen-bond acceptors (Lipinski definition) is 5. The van der Waals surface area contributed by atoms with Crippen molar-refractivity contribution < 1.29 is 19.1 Å². The molecule has 0 N–H and O–H groups in total. The summed E-state index contributed by atoms with van der Waals surface area (Å²) in [6.45, 7) is 6.15. The van der Waals surface area contributed by atoms with E-state index in [1.54, 1.807) is 13.2 Å². The van der Waals surface area contributed by atoms with Crippen molar-refractivity contribution in [2.24, 2.45) is 5.41 Å². The molecule has 1 atom stereocenters. The summed E-state index contributed by atoms with van der Waals surface area (Å²) in [7, 11) is 1.63. The number of nitrogens with zero attached hydrogens (tertiary/aromatic N) is 1. The molecule has 5 nitrogen and oxygen atoms in total. The molecule has 0 fully saturated rings. The summed E-state index contributed by atoms with van der Waals surface area (Å²) in [5.41, 5.74) is 4.26. The second-order valence-corrected chi connectivity index (χ2v) is 9.27. The number of carbonyl (C=O) groups is 2. The number of allylic oxidation sites excluding steroid dienone is 3. The van der Waals surface area contributed by atoms with E-state index in [4.69, 9.17) is 9.47 Å². The zero-order valence-electron chi connectivity index (χ0n) is 18.2. The molecular formula is C26H25NO4. The highest BCUT2D eigenvalue weighted by Crippen LogP contribution is 2.46. The topological polar surface area (TPSA) is 55.8 Å². The summed E-state index contributed by atoms with van der Waals surface area (Å²) in [4.78, 5) is 28.6. The predicted octanol–water partition coefficient (Wildman–Crippen LogP) is 4.99. The van der Waals surface area contributed by atoms with Crippen LogP contribution in [-0.2, 0) is 4.79 Å². The van der Waals surface area contributed by atoms with Crippen LogP contribution in [-0.4, -0.2) is 24.9 Å². The van der Waals surface area contributed by atoms with Crippen LogP contribution in [0.15, 0.2) is 65.4 Å². The van der Waals surface area contributed by atoms with E-state index in [9.17, 15) is 9.59 Å². The number of ether oxygens (including phenoxy) is 2. The van der Waals surface area contributed by atoms with Gasteiger partial charge in [-0.15, -0.1) is 0 Å². The van der Waals surface area contributed by atoms with Crippen molar-refractivity contribution in [3.8, 4) is 11.5 Å². The van der Waals surface area contributed by atoms with Crippen LogP contribution in [0.3, 0.4) is 0 Å². The third-order valence-electron chi connectivity index (χ3n) is 6.22. The van der Waals surface area contributed by atoms with Crippen LogP contribution in [0.25, 0.3) is 0 Å². The van der Waals surface area contributed by atoms with Crippen LogP contribution in [0.4, 0.5) is 5.69 Å². The van der Waals surface area contributed by atoms with Crippen LogP contribution < -0.4 is 14.4 Å². The van der Waals surface area contributed by atoms with E-state index in [2.05, 4.69) is 13.8 Å². The number of ketones is 2. The van der Waals surface area contributed by atoms with Gasteiger partial charge in [0.05, 0.1) is 18.2 Å². The quantitative estimate of drug-likeness (QED) is 0.691. The summed E-state index contributed by atoms with van der Waals surface area (Å²) in [6, 6.07) is 13.3. The highest BCUT2D eigenvalue weighted by molar-refractivity contribution is 6.15. The maximum absolute atomic E-state index is 13.5. The fourth-order valence-electron chi connectivity index (χ4n) is 4.72. The maximum Gasteiger partial charge on any atom is 0.206 e. The lowest BCUT2D eigenvalue weighted by atomic mass is 9.73. The number of fused-ring (bicyclic) bond motifs is 2. The molecule has 2 aromatic rings. The molecule has 0 amide bonds. The van der Waals surface area contributed by atoms with Gasteiger partial charge in [-0.2, -0.15) is 0 Å². The van der Waals surface area contributed by atoms with Crippen molar-refractivity contribution >= 4 is 17.3 Å². The zero-order valence-corrected chi connectivity index (χ0v) is 18.2. The number of hydrogen-bond donors (Lipinski definition) is 0. The molecule has 158 valence electrons. The van der Waals surface area contributed by atoms with Gasteiger partial charge in [-0.1, -0.05) is 25.5 Å². The van der Waals surface area contributed by atoms with Crippen LogP contribution in [0, 0.1) is 12.3 Å². The molecule has 2 aliphatic heterocycles. The standard InChI is InChI=1S/C26H25NO4/c1-15-5-10-23-19(11-15)24(29)20-12-18-21(13-26(2,3)14-22(18)28)27(25(20)31-23)16-6-8-17(30-4)9-7-16/h5-12,25H,13-14H2,1-4H3. The molecule has 0 saturated carbocycles. The first-order valence-electron chi connectivity index (χ1n) is 10.5. The van der Waals surface area contributed by atoms with Gasteiger partial charge in [-0.25, -0.2) is 0 Å². The van der Waals surface area contributed by atoms with Gasteiger partial charge in [0.25, 0.3) is 0 Å². The van der Waals surface area contributed by atoms with Crippen LogP contribution in [0.2, 0.25) is 0 Å². The minimum absolute atomic E-state index is 0.0681. The number of benzene rings is 2. The predicted molar refractivity (Wildman–Crippen MR) is 119 cm³/mol. The molecular weight excluding hydrogens is 390 g/mol. The van der Waals surface area contributed by atoms with Gasteiger partial charge < -0.3 is 14.4 Å². The first-order valence-corrected chi connectivity index (χ1v) is 10.5. The lowest BCUT2D eigenvalue weighted by molar-refractivity contribution is -0.117. The van der Waals surface area contributed by atoms with E-state index in [1.165, 1.54) is 0 Å². The summed E-state index contributed by atoms with van der Waals surface area (Å²) >= 11 is 0. The van der Waals surface area contributed by atoms with Crippen molar-refractivity contribution in [1.82, 2.24) is 0 Å². The van der Waals surface area contributed by atoms with Crippen molar-refractivity contribution in [3.05, 3.63) is 76.5 Å². The van der Waals surface area contributed by atoms with E-state index in [0.717, 1.165) is 29.1 Å². The molecule has 0 saturated heterocycles. The van der Waals surface area contributed by atoms with Gasteiger partial charge in [-0.3, -0.25) is 9.59 Å². The van der Waals surface area contributed by atoms with Crippen molar-refractivity contribution in [2.45, 2.75) is 39.8 Å². The molecule has 0 spiro atoms. The molecule has 2 heterocycles. The minimum atomic E-state index is -0.614.